The van der Waals surface area contributed by atoms with Crippen molar-refractivity contribution in [3.8, 4) is 0 Å². The van der Waals surface area contributed by atoms with Crippen LogP contribution in [0.25, 0.3) is 10.1 Å². The van der Waals surface area contributed by atoms with Gasteiger partial charge in [-0.1, -0.05) is 15.9 Å². The number of amides is 1. The SMILES string of the molecule is Nc1c(C(=O)NCCO)sc2ccc(Br)cc12. The van der Waals surface area contributed by atoms with Crippen molar-refractivity contribution in [3.05, 3.63) is 27.5 Å². The van der Waals surface area contributed by atoms with Gasteiger partial charge in [-0.15, -0.1) is 11.3 Å². The van der Waals surface area contributed by atoms with E-state index in [1.165, 1.54) is 11.3 Å². The molecule has 0 unspecified atom stereocenters. The first-order chi connectivity index (χ1) is 8.13. The van der Waals surface area contributed by atoms with Gasteiger partial charge in [0.15, 0.2) is 0 Å². The van der Waals surface area contributed by atoms with E-state index in [2.05, 4.69) is 21.2 Å². The zero-order valence-corrected chi connectivity index (χ0v) is 11.3. The fraction of sp³-hybridized carbons (Fsp3) is 0.182. The van der Waals surface area contributed by atoms with E-state index in [-0.39, 0.29) is 19.1 Å². The highest BCUT2D eigenvalue weighted by Crippen LogP contribution is 2.35. The molecule has 0 radical (unpaired) electrons. The number of hydrogen-bond donors (Lipinski definition) is 3. The normalized spacial score (nSPS) is 10.7. The molecule has 17 heavy (non-hydrogen) atoms. The number of halogens is 1. The summed E-state index contributed by atoms with van der Waals surface area (Å²) in [4.78, 5) is 12.3. The molecule has 2 aromatic rings. The lowest BCUT2D eigenvalue weighted by molar-refractivity contribution is 0.0949. The average Bonchev–Trinajstić information content (AvgIpc) is 2.64. The molecule has 0 aliphatic heterocycles. The maximum Gasteiger partial charge on any atom is 0.263 e. The minimum Gasteiger partial charge on any atom is -0.397 e. The van der Waals surface area contributed by atoms with E-state index in [4.69, 9.17) is 10.8 Å². The number of nitrogens with two attached hydrogens (primary N) is 1. The van der Waals surface area contributed by atoms with Crippen LogP contribution in [0.5, 0.6) is 0 Å². The van der Waals surface area contributed by atoms with Crippen LogP contribution in [-0.4, -0.2) is 24.2 Å². The topological polar surface area (TPSA) is 75.4 Å². The van der Waals surface area contributed by atoms with E-state index in [1.807, 2.05) is 18.2 Å². The molecule has 1 amide bonds. The highest BCUT2D eigenvalue weighted by Gasteiger charge is 2.15. The smallest absolute Gasteiger partial charge is 0.263 e. The zero-order chi connectivity index (χ0) is 12.4. The van der Waals surface area contributed by atoms with Crippen LogP contribution in [0.1, 0.15) is 9.67 Å². The first-order valence-corrected chi connectivity index (χ1v) is 6.61. The molecule has 0 aliphatic rings. The molecule has 0 aliphatic carbocycles. The molecular weight excluding hydrogens is 304 g/mol. The van der Waals surface area contributed by atoms with Crippen LogP contribution in [-0.2, 0) is 0 Å². The number of benzene rings is 1. The average molecular weight is 315 g/mol. The van der Waals surface area contributed by atoms with Crippen molar-refractivity contribution in [2.45, 2.75) is 0 Å². The minimum atomic E-state index is -0.242. The molecule has 0 spiro atoms. The lowest BCUT2D eigenvalue weighted by Gasteiger charge is -2.01. The van der Waals surface area contributed by atoms with E-state index in [9.17, 15) is 4.79 Å². The van der Waals surface area contributed by atoms with Crippen molar-refractivity contribution >= 4 is 48.9 Å². The summed E-state index contributed by atoms with van der Waals surface area (Å²) in [6, 6.07) is 5.72. The Morgan fingerprint density at radius 1 is 1.53 bits per heavy atom. The highest BCUT2D eigenvalue weighted by atomic mass is 79.9. The van der Waals surface area contributed by atoms with E-state index >= 15 is 0 Å². The summed E-state index contributed by atoms with van der Waals surface area (Å²) in [6.45, 7) is 0.151. The van der Waals surface area contributed by atoms with Crippen LogP contribution in [0, 0.1) is 0 Å². The predicted octanol–water partition coefficient (Wildman–Crippen LogP) is 1.97. The monoisotopic (exact) mass is 314 g/mol. The fourth-order valence-corrected chi connectivity index (χ4v) is 2.89. The summed E-state index contributed by atoms with van der Waals surface area (Å²) in [5.74, 6) is -0.242. The molecule has 0 fully saturated rings. The Morgan fingerprint density at radius 2 is 2.29 bits per heavy atom. The number of nitrogens with one attached hydrogen (secondary N) is 1. The molecule has 4 N–H and O–H groups in total. The van der Waals surface area contributed by atoms with Gasteiger partial charge < -0.3 is 16.2 Å². The van der Waals surface area contributed by atoms with Crippen molar-refractivity contribution in [3.63, 3.8) is 0 Å². The molecule has 1 aromatic carbocycles. The van der Waals surface area contributed by atoms with E-state index in [0.29, 0.717) is 10.6 Å². The number of thiophene rings is 1. The van der Waals surface area contributed by atoms with Crippen molar-refractivity contribution in [1.82, 2.24) is 5.32 Å². The summed E-state index contributed by atoms with van der Waals surface area (Å²) < 4.78 is 1.90. The van der Waals surface area contributed by atoms with Gasteiger partial charge in [-0.25, -0.2) is 0 Å². The number of nitrogen functional groups attached to an aromatic ring is 1. The number of hydrogen-bond acceptors (Lipinski definition) is 4. The van der Waals surface area contributed by atoms with Crippen LogP contribution in [0.4, 0.5) is 5.69 Å². The van der Waals surface area contributed by atoms with E-state index < -0.39 is 0 Å². The third-order valence-corrected chi connectivity index (χ3v) is 3.97. The first-order valence-electron chi connectivity index (χ1n) is 5.00. The largest absolute Gasteiger partial charge is 0.397 e. The molecule has 90 valence electrons. The molecule has 6 heteroatoms. The number of carbonyl (C=O) groups excluding carboxylic acids is 1. The quantitative estimate of drug-likeness (QED) is 0.810. The summed E-state index contributed by atoms with van der Waals surface area (Å²) in [5, 5.41) is 12.1. The summed E-state index contributed by atoms with van der Waals surface area (Å²) in [6.07, 6.45) is 0. The standard InChI is InChI=1S/C11H11BrN2O2S/c12-6-1-2-8-7(5-6)9(13)10(17-8)11(16)14-3-4-15/h1-2,5,15H,3-4,13H2,(H,14,16). The van der Waals surface area contributed by atoms with Gasteiger partial charge in [0, 0.05) is 21.1 Å². The van der Waals surface area contributed by atoms with Crippen molar-refractivity contribution in [1.29, 1.82) is 0 Å². The molecule has 2 rings (SSSR count). The van der Waals surface area contributed by atoms with Crippen molar-refractivity contribution in [2.24, 2.45) is 0 Å². The first kappa shape index (κ1) is 12.3. The molecule has 0 saturated heterocycles. The van der Waals surface area contributed by atoms with Gasteiger partial charge in [-0.05, 0) is 18.2 Å². The molecule has 1 aromatic heterocycles. The van der Waals surface area contributed by atoms with E-state index in [1.54, 1.807) is 0 Å². The Morgan fingerprint density at radius 3 is 3.00 bits per heavy atom. The maximum absolute atomic E-state index is 11.8. The minimum absolute atomic E-state index is 0.0813. The van der Waals surface area contributed by atoms with Crippen LogP contribution >= 0.6 is 27.3 Å². The Hall–Kier alpha value is -1.11. The molecule has 0 atom stereocenters. The summed E-state index contributed by atoms with van der Waals surface area (Å²) in [5.41, 5.74) is 6.43. The number of anilines is 1. The van der Waals surface area contributed by atoms with E-state index in [0.717, 1.165) is 14.6 Å². The van der Waals surface area contributed by atoms with Gasteiger partial charge >= 0.3 is 0 Å². The lowest BCUT2D eigenvalue weighted by atomic mass is 10.2. The van der Waals surface area contributed by atoms with Crippen LogP contribution in [0.15, 0.2) is 22.7 Å². The van der Waals surface area contributed by atoms with Crippen molar-refractivity contribution in [2.75, 3.05) is 18.9 Å². The fourth-order valence-electron chi connectivity index (χ4n) is 1.51. The van der Waals surface area contributed by atoms with Gasteiger partial charge in [-0.3, -0.25) is 4.79 Å². The highest BCUT2D eigenvalue weighted by molar-refractivity contribution is 9.10. The number of rotatable bonds is 3. The third-order valence-electron chi connectivity index (χ3n) is 2.29. The van der Waals surface area contributed by atoms with Gasteiger partial charge in [0.05, 0.1) is 12.3 Å². The van der Waals surface area contributed by atoms with Gasteiger partial charge in [0.25, 0.3) is 5.91 Å². The van der Waals surface area contributed by atoms with Crippen LogP contribution in [0.2, 0.25) is 0 Å². The van der Waals surface area contributed by atoms with Crippen molar-refractivity contribution < 1.29 is 9.90 Å². The predicted molar refractivity (Wildman–Crippen MR) is 73.4 cm³/mol. The molecule has 0 saturated carbocycles. The third kappa shape index (κ3) is 2.43. The Bertz CT molecular complexity index is 568. The Kier molecular flexibility index (Phi) is 3.66. The van der Waals surface area contributed by atoms with Gasteiger partial charge in [-0.2, -0.15) is 0 Å². The second-order valence-corrected chi connectivity index (χ2v) is 5.43. The number of aliphatic hydroxyl groups is 1. The molecule has 0 bridgehead atoms. The lowest BCUT2D eigenvalue weighted by Crippen LogP contribution is -2.26. The van der Waals surface area contributed by atoms with Crippen LogP contribution in [0.3, 0.4) is 0 Å². The van der Waals surface area contributed by atoms with Gasteiger partial charge in [0.2, 0.25) is 0 Å². The summed E-state index contributed by atoms with van der Waals surface area (Å²) in [7, 11) is 0. The molecule has 1 heterocycles. The number of fused-ring (bicyclic) bond motifs is 1. The second-order valence-electron chi connectivity index (χ2n) is 3.46. The second kappa shape index (κ2) is 5.03. The summed E-state index contributed by atoms with van der Waals surface area (Å²) >= 11 is 4.72. The van der Waals surface area contributed by atoms with Crippen LogP contribution < -0.4 is 11.1 Å². The maximum atomic E-state index is 11.8. The number of aliphatic hydroxyl groups excluding tert-OH is 1. The Balaban J connectivity index is 2.42. The number of carbonyl (C=O) groups is 1. The van der Waals surface area contributed by atoms with Gasteiger partial charge in [0.1, 0.15) is 4.88 Å². The zero-order valence-electron chi connectivity index (χ0n) is 8.87. The Labute approximate surface area is 111 Å². The molecule has 4 nitrogen and oxygen atoms in total. The molecular formula is C11H11BrN2O2S.